The Labute approximate surface area is 184 Å². The van der Waals surface area contributed by atoms with Crippen LogP contribution in [0.3, 0.4) is 0 Å². The smallest absolute Gasteiger partial charge is 0.295 e. The molecule has 1 unspecified atom stereocenters. The number of methoxy groups -OCH3 is 1. The Morgan fingerprint density at radius 1 is 1.13 bits per heavy atom. The van der Waals surface area contributed by atoms with E-state index in [-0.39, 0.29) is 11.4 Å². The minimum atomic E-state index is -0.783. The van der Waals surface area contributed by atoms with E-state index in [0.717, 1.165) is 5.56 Å². The van der Waals surface area contributed by atoms with Crippen LogP contribution >= 0.6 is 11.6 Å². The zero-order valence-corrected chi connectivity index (χ0v) is 17.7. The van der Waals surface area contributed by atoms with Crippen molar-refractivity contribution in [3.05, 3.63) is 88.3 Å². The van der Waals surface area contributed by atoms with E-state index < -0.39 is 17.7 Å². The Kier molecular flexibility index (Phi) is 5.52. The number of anilines is 1. The van der Waals surface area contributed by atoms with Gasteiger partial charge in [-0.15, -0.1) is 0 Å². The first-order valence-electron chi connectivity index (χ1n) is 9.58. The molecule has 1 atom stereocenters. The summed E-state index contributed by atoms with van der Waals surface area (Å²) < 4.78 is 6.87. The molecule has 2 aromatic carbocycles. The van der Waals surface area contributed by atoms with E-state index in [0.29, 0.717) is 28.7 Å². The summed E-state index contributed by atoms with van der Waals surface area (Å²) in [6, 6.07) is 15.3. The molecule has 1 aliphatic rings. The Bertz CT molecular complexity index is 1170. The van der Waals surface area contributed by atoms with Gasteiger partial charge in [0, 0.05) is 17.3 Å². The monoisotopic (exact) mass is 437 g/mol. The highest BCUT2D eigenvalue weighted by atomic mass is 35.5. The summed E-state index contributed by atoms with van der Waals surface area (Å²) in [4.78, 5) is 26.6. The fraction of sp³-hybridized carbons (Fsp3) is 0.174. The van der Waals surface area contributed by atoms with Gasteiger partial charge in [0.2, 0.25) is 0 Å². The Hall–Kier alpha value is -3.58. The summed E-state index contributed by atoms with van der Waals surface area (Å²) in [5, 5.41) is 15.6. The summed E-state index contributed by atoms with van der Waals surface area (Å²) >= 11 is 5.94. The molecule has 0 fully saturated rings. The van der Waals surface area contributed by atoms with E-state index in [2.05, 4.69) is 5.10 Å². The molecule has 1 amide bonds. The van der Waals surface area contributed by atoms with Crippen molar-refractivity contribution in [1.29, 1.82) is 0 Å². The molecule has 2 heterocycles. The largest absolute Gasteiger partial charge is 0.503 e. The number of halogens is 1. The van der Waals surface area contributed by atoms with Gasteiger partial charge < -0.3 is 9.84 Å². The van der Waals surface area contributed by atoms with Gasteiger partial charge in [0.25, 0.3) is 5.91 Å². The summed E-state index contributed by atoms with van der Waals surface area (Å²) in [7, 11) is 1.56. The molecule has 0 bridgehead atoms. The third-order valence-electron chi connectivity index (χ3n) is 5.15. The lowest BCUT2D eigenvalue weighted by molar-refractivity contribution is -0.117. The third-order valence-corrected chi connectivity index (χ3v) is 5.40. The number of ketones is 1. The average molecular weight is 438 g/mol. The van der Waals surface area contributed by atoms with Gasteiger partial charge in [-0.05, 0) is 42.3 Å². The number of aliphatic hydroxyl groups is 1. The van der Waals surface area contributed by atoms with Crippen LogP contribution in [0.4, 0.5) is 5.82 Å². The maximum absolute atomic E-state index is 12.9. The minimum Gasteiger partial charge on any atom is -0.503 e. The Morgan fingerprint density at radius 2 is 1.81 bits per heavy atom. The van der Waals surface area contributed by atoms with Crippen LogP contribution in [0.2, 0.25) is 5.02 Å². The first kappa shape index (κ1) is 20.7. The highest BCUT2D eigenvalue weighted by Gasteiger charge is 2.44. The number of carbonyl (C=O) groups excluding carboxylic acids is 2. The molecule has 1 aromatic heterocycles. The zero-order valence-electron chi connectivity index (χ0n) is 16.9. The van der Waals surface area contributed by atoms with Gasteiger partial charge in [-0.25, -0.2) is 0 Å². The third kappa shape index (κ3) is 3.92. The van der Waals surface area contributed by atoms with Gasteiger partial charge in [-0.2, -0.15) is 5.10 Å². The molecule has 1 N–H and O–H groups in total. The fourth-order valence-corrected chi connectivity index (χ4v) is 3.77. The van der Waals surface area contributed by atoms with E-state index in [1.54, 1.807) is 60.5 Å². The lowest BCUT2D eigenvalue weighted by atomic mass is 9.96. The van der Waals surface area contributed by atoms with Gasteiger partial charge in [-0.3, -0.25) is 19.2 Å². The van der Waals surface area contributed by atoms with Crippen LogP contribution in [-0.2, 0) is 16.1 Å². The topological polar surface area (TPSA) is 84.7 Å². The molecule has 4 rings (SSSR count). The first-order chi connectivity index (χ1) is 14.9. The van der Waals surface area contributed by atoms with Crippen LogP contribution in [0, 0.1) is 0 Å². The number of nitrogens with zero attached hydrogens (tertiary/aromatic N) is 3. The molecular formula is C23H20ClN3O4. The molecular weight excluding hydrogens is 418 g/mol. The second-order valence-corrected chi connectivity index (χ2v) is 7.60. The minimum absolute atomic E-state index is 0.0439. The van der Waals surface area contributed by atoms with Crippen LogP contribution in [0.15, 0.2) is 72.1 Å². The summed E-state index contributed by atoms with van der Waals surface area (Å²) in [5.41, 5.74) is 1.70. The highest BCUT2D eigenvalue weighted by molar-refractivity contribution is 6.30. The number of hydrogen-bond donors (Lipinski definition) is 1. The standard InChI is InChI=1S/C23H20ClN3O4/c1-14(28)20-21(16-5-9-18(31-2)10-6-16)27(23(30)22(20)29)19-11-12-26(25-19)13-15-3-7-17(24)8-4-15/h3-12,21,29H,13H2,1-2H3. The number of benzene rings is 2. The Balaban J connectivity index is 1.70. The Morgan fingerprint density at radius 3 is 2.42 bits per heavy atom. The van der Waals surface area contributed by atoms with Gasteiger partial charge in [0.05, 0.1) is 25.3 Å². The molecule has 8 heteroatoms. The summed E-state index contributed by atoms with van der Waals surface area (Å²) in [6.07, 6.45) is 1.74. The van der Waals surface area contributed by atoms with Crippen LogP contribution in [0.1, 0.15) is 24.1 Å². The summed E-state index contributed by atoms with van der Waals surface area (Å²) in [6.45, 7) is 1.81. The van der Waals surface area contributed by atoms with Gasteiger partial charge in [0.15, 0.2) is 17.4 Å². The molecule has 0 aliphatic carbocycles. The van der Waals surface area contributed by atoms with Crippen molar-refractivity contribution in [2.45, 2.75) is 19.5 Å². The molecule has 0 radical (unpaired) electrons. The van der Waals surface area contributed by atoms with Crippen molar-refractivity contribution >= 4 is 29.1 Å². The average Bonchev–Trinajstić information content (AvgIpc) is 3.32. The maximum Gasteiger partial charge on any atom is 0.295 e. The van der Waals surface area contributed by atoms with Gasteiger partial charge >= 0.3 is 0 Å². The molecule has 3 aromatic rings. The SMILES string of the molecule is COc1ccc(C2C(C(C)=O)=C(O)C(=O)N2c2ccn(Cc3ccc(Cl)cc3)n2)cc1. The number of hydrogen-bond acceptors (Lipinski definition) is 5. The number of aliphatic hydroxyl groups excluding tert-OH is 1. The number of rotatable bonds is 6. The van der Waals surface area contributed by atoms with Crippen molar-refractivity contribution in [1.82, 2.24) is 9.78 Å². The van der Waals surface area contributed by atoms with Crippen LogP contribution in [-0.4, -0.2) is 33.7 Å². The van der Waals surface area contributed by atoms with Crippen LogP contribution in [0.25, 0.3) is 0 Å². The lowest BCUT2D eigenvalue weighted by Crippen LogP contribution is -2.31. The van der Waals surface area contributed by atoms with Gasteiger partial charge in [0.1, 0.15) is 5.75 Å². The number of amides is 1. The number of aromatic nitrogens is 2. The molecule has 0 spiro atoms. The van der Waals surface area contributed by atoms with E-state index in [4.69, 9.17) is 16.3 Å². The molecule has 1 aliphatic heterocycles. The molecule has 158 valence electrons. The second-order valence-electron chi connectivity index (χ2n) is 7.17. The number of Topliss-reactive ketones (excluding diaryl/α,β-unsaturated/α-hetero) is 1. The van der Waals surface area contributed by atoms with Crippen molar-refractivity contribution in [2.24, 2.45) is 0 Å². The van der Waals surface area contributed by atoms with E-state index >= 15 is 0 Å². The first-order valence-corrected chi connectivity index (χ1v) is 9.96. The molecule has 7 nitrogen and oxygen atoms in total. The van der Waals surface area contributed by atoms with Crippen LogP contribution < -0.4 is 9.64 Å². The van der Waals surface area contributed by atoms with Gasteiger partial charge in [-0.1, -0.05) is 35.9 Å². The normalized spacial score (nSPS) is 16.2. The van der Waals surface area contributed by atoms with E-state index in [1.165, 1.54) is 11.8 Å². The summed E-state index contributed by atoms with van der Waals surface area (Å²) in [5.74, 6) is -0.620. The molecule has 31 heavy (non-hydrogen) atoms. The van der Waals surface area contributed by atoms with Crippen molar-refractivity contribution in [3.8, 4) is 5.75 Å². The van der Waals surface area contributed by atoms with Crippen molar-refractivity contribution in [2.75, 3.05) is 12.0 Å². The lowest BCUT2D eigenvalue weighted by Gasteiger charge is -2.24. The number of ether oxygens (including phenoxy) is 1. The predicted octanol–water partition coefficient (Wildman–Crippen LogP) is 4.08. The second kappa shape index (κ2) is 8.28. The fourth-order valence-electron chi connectivity index (χ4n) is 3.65. The predicted molar refractivity (Wildman–Crippen MR) is 116 cm³/mol. The highest BCUT2D eigenvalue weighted by Crippen LogP contribution is 2.40. The van der Waals surface area contributed by atoms with Crippen LogP contribution in [0.5, 0.6) is 5.75 Å². The van der Waals surface area contributed by atoms with E-state index in [9.17, 15) is 14.7 Å². The van der Waals surface area contributed by atoms with E-state index in [1.807, 2.05) is 12.1 Å². The van der Waals surface area contributed by atoms with Crippen molar-refractivity contribution < 1.29 is 19.4 Å². The molecule has 0 saturated heterocycles. The maximum atomic E-state index is 12.9. The zero-order chi connectivity index (χ0) is 22.1. The quantitative estimate of drug-likeness (QED) is 0.628. The van der Waals surface area contributed by atoms with Crippen molar-refractivity contribution in [3.63, 3.8) is 0 Å². The molecule has 0 saturated carbocycles. The number of carbonyl (C=O) groups is 2.